The van der Waals surface area contributed by atoms with Gasteiger partial charge in [0.2, 0.25) is 0 Å². The standard InChI is InChI=1S/C13H11NO2.C6H15NO/c15-13(16)14(11-7-3-1-4-8-11)12-9-5-2-6-10-12;1-3-7(4-2)5-6-8/h1-10H,(H,15,16);8H,3-6H2,1-2H3. The van der Waals surface area contributed by atoms with Crippen molar-refractivity contribution in [2.24, 2.45) is 0 Å². The molecule has 5 heteroatoms. The van der Waals surface area contributed by atoms with E-state index in [4.69, 9.17) is 5.11 Å². The zero-order valence-corrected chi connectivity index (χ0v) is 14.3. The SMILES string of the molecule is CCN(CC)CCO.O=C(O)N(c1ccccc1)c1ccccc1. The molecule has 0 unspecified atom stereocenters. The lowest BCUT2D eigenvalue weighted by Crippen LogP contribution is -2.25. The van der Waals surface area contributed by atoms with Crippen LogP contribution in [-0.2, 0) is 0 Å². The second-order valence-corrected chi connectivity index (χ2v) is 5.04. The van der Waals surface area contributed by atoms with Crippen molar-refractivity contribution in [3.05, 3.63) is 60.7 Å². The number of anilines is 2. The van der Waals surface area contributed by atoms with Gasteiger partial charge < -0.3 is 15.1 Å². The number of carboxylic acid groups (broad SMARTS) is 1. The first kappa shape index (κ1) is 19.7. The molecule has 0 spiro atoms. The van der Waals surface area contributed by atoms with E-state index in [1.165, 1.54) is 4.90 Å². The monoisotopic (exact) mass is 330 g/mol. The molecule has 2 N–H and O–H groups in total. The fourth-order valence-electron chi connectivity index (χ4n) is 2.21. The Labute approximate surface area is 143 Å². The van der Waals surface area contributed by atoms with Gasteiger partial charge in [0.25, 0.3) is 0 Å². The Morgan fingerprint density at radius 3 is 1.54 bits per heavy atom. The topological polar surface area (TPSA) is 64.0 Å². The molecular weight excluding hydrogens is 304 g/mol. The lowest BCUT2D eigenvalue weighted by Gasteiger charge is -2.18. The van der Waals surface area contributed by atoms with Crippen LogP contribution in [0, 0.1) is 0 Å². The molecule has 0 bridgehead atoms. The molecule has 0 aliphatic rings. The first-order chi connectivity index (χ1) is 11.6. The van der Waals surface area contributed by atoms with E-state index in [0.717, 1.165) is 19.6 Å². The lowest BCUT2D eigenvalue weighted by atomic mass is 10.2. The molecule has 0 fully saturated rings. The lowest BCUT2D eigenvalue weighted by molar-refractivity contribution is 0.204. The summed E-state index contributed by atoms with van der Waals surface area (Å²) in [5.41, 5.74) is 1.28. The van der Waals surface area contributed by atoms with Crippen molar-refractivity contribution in [1.29, 1.82) is 0 Å². The van der Waals surface area contributed by atoms with E-state index in [1.807, 2.05) is 36.4 Å². The van der Waals surface area contributed by atoms with Crippen molar-refractivity contribution in [3.63, 3.8) is 0 Å². The van der Waals surface area contributed by atoms with Crippen LogP contribution in [0.5, 0.6) is 0 Å². The average molecular weight is 330 g/mol. The van der Waals surface area contributed by atoms with Gasteiger partial charge in [0.05, 0.1) is 18.0 Å². The van der Waals surface area contributed by atoms with Gasteiger partial charge in [-0.1, -0.05) is 50.2 Å². The van der Waals surface area contributed by atoms with E-state index >= 15 is 0 Å². The summed E-state index contributed by atoms with van der Waals surface area (Å²) in [6.07, 6.45) is -0.989. The van der Waals surface area contributed by atoms with Gasteiger partial charge in [0.1, 0.15) is 0 Å². The van der Waals surface area contributed by atoms with E-state index < -0.39 is 6.09 Å². The summed E-state index contributed by atoms with van der Waals surface area (Å²) in [6, 6.07) is 18.0. The van der Waals surface area contributed by atoms with Crippen LogP contribution in [0.4, 0.5) is 16.2 Å². The van der Waals surface area contributed by atoms with Gasteiger partial charge in [0, 0.05) is 6.54 Å². The summed E-state index contributed by atoms with van der Waals surface area (Å²) in [4.78, 5) is 14.7. The highest BCUT2D eigenvalue weighted by Gasteiger charge is 2.15. The molecule has 24 heavy (non-hydrogen) atoms. The van der Waals surface area contributed by atoms with Crippen LogP contribution in [0.25, 0.3) is 0 Å². The molecule has 0 aromatic heterocycles. The van der Waals surface area contributed by atoms with Crippen LogP contribution in [0.15, 0.2) is 60.7 Å². The predicted molar refractivity (Wildman–Crippen MR) is 97.9 cm³/mol. The minimum absolute atomic E-state index is 0.279. The van der Waals surface area contributed by atoms with Gasteiger partial charge in [-0.25, -0.2) is 9.69 Å². The number of carbonyl (C=O) groups is 1. The Morgan fingerprint density at radius 1 is 0.875 bits per heavy atom. The third kappa shape index (κ3) is 6.40. The number of likely N-dealkylation sites (N-methyl/N-ethyl adjacent to an activating group) is 1. The molecular formula is C19H26N2O3. The highest BCUT2D eigenvalue weighted by atomic mass is 16.4. The van der Waals surface area contributed by atoms with Gasteiger partial charge >= 0.3 is 6.09 Å². The minimum Gasteiger partial charge on any atom is -0.464 e. The highest BCUT2D eigenvalue weighted by molar-refractivity contribution is 5.94. The normalized spacial score (nSPS) is 10.0. The van der Waals surface area contributed by atoms with E-state index in [0.29, 0.717) is 11.4 Å². The van der Waals surface area contributed by atoms with Gasteiger partial charge in [-0.15, -0.1) is 0 Å². The summed E-state index contributed by atoms with van der Waals surface area (Å²) in [7, 11) is 0. The number of benzene rings is 2. The molecule has 0 saturated carbocycles. The van der Waals surface area contributed by atoms with Crippen molar-refractivity contribution in [1.82, 2.24) is 4.90 Å². The number of nitrogens with zero attached hydrogens (tertiary/aromatic N) is 2. The van der Waals surface area contributed by atoms with E-state index in [-0.39, 0.29) is 6.61 Å². The largest absolute Gasteiger partial charge is 0.464 e. The number of hydrogen-bond acceptors (Lipinski definition) is 3. The molecule has 2 aromatic carbocycles. The van der Waals surface area contributed by atoms with Crippen molar-refractivity contribution < 1.29 is 15.0 Å². The summed E-state index contributed by atoms with van der Waals surface area (Å²) in [5, 5.41) is 17.7. The van der Waals surface area contributed by atoms with Gasteiger partial charge in [-0.2, -0.15) is 0 Å². The number of hydrogen-bond donors (Lipinski definition) is 2. The predicted octanol–water partition coefficient (Wildman–Crippen LogP) is 3.82. The maximum Gasteiger partial charge on any atom is 0.416 e. The van der Waals surface area contributed by atoms with Crippen LogP contribution < -0.4 is 4.90 Å². The minimum atomic E-state index is -0.989. The number of aliphatic hydroxyl groups is 1. The second kappa shape index (κ2) is 11.2. The van der Waals surface area contributed by atoms with E-state index in [2.05, 4.69) is 18.7 Å². The molecule has 130 valence electrons. The molecule has 0 saturated heterocycles. The molecule has 0 radical (unpaired) electrons. The van der Waals surface area contributed by atoms with Crippen LogP contribution in [0.1, 0.15) is 13.8 Å². The van der Waals surface area contributed by atoms with Crippen LogP contribution in [0.3, 0.4) is 0 Å². The van der Waals surface area contributed by atoms with Crippen LogP contribution in [-0.4, -0.2) is 47.4 Å². The smallest absolute Gasteiger partial charge is 0.416 e. The van der Waals surface area contributed by atoms with Crippen molar-refractivity contribution >= 4 is 17.5 Å². The van der Waals surface area contributed by atoms with E-state index in [9.17, 15) is 9.90 Å². The molecule has 1 amide bonds. The Bertz CT molecular complexity index is 532. The summed E-state index contributed by atoms with van der Waals surface area (Å²) in [6.45, 7) is 7.36. The maximum atomic E-state index is 11.2. The Balaban J connectivity index is 0.000000307. The van der Waals surface area contributed by atoms with Crippen LogP contribution in [0.2, 0.25) is 0 Å². The second-order valence-electron chi connectivity index (χ2n) is 5.04. The zero-order chi connectivity index (χ0) is 17.8. The van der Waals surface area contributed by atoms with Gasteiger partial charge in [-0.3, -0.25) is 0 Å². The number of para-hydroxylation sites is 2. The molecule has 0 atom stereocenters. The fraction of sp³-hybridized carbons (Fsp3) is 0.316. The average Bonchev–Trinajstić information content (AvgIpc) is 2.62. The quantitative estimate of drug-likeness (QED) is 0.845. The van der Waals surface area contributed by atoms with Crippen molar-refractivity contribution in [3.8, 4) is 0 Å². The van der Waals surface area contributed by atoms with Crippen molar-refractivity contribution in [2.45, 2.75) is 13.8 Å². The molecule has 0 aliphatic carbocycles. The summed E-state index contributed by atoms with van der Waals surface area (Å²) in [5.74, 6) is 0. The Kier molecular flexibility index (Phi) is 9.19. The fourth-order valence-corrected chi connectivity index (χ4v) is 2.21. The number of rotatable bonds is 6. The van der Waals surface area contributed by atoms with Crippen molar-refractivity contribution in [2.75, 3.05) is 31.1 Å². The van der Waals surface area contributed by atoms with Gasteiger partial charge in [0.15, 0.2) is 0 Å². The molecule has 2 rings (SSSR count). The molecule has 0 aliphatic heterocycles. The molecule has 5 nitrogen and oxygen atoms in total. The third-order valence-electron chi connectivity index (χ3n) is 3.53. The van der Waals surface area contributed by atoms with E-state index in [1.54, 1.807) is 24.3 Å². The molecule has 2 aromatic rings. The molecule has 0 heterocycles. The summed E-state index contributed by atoms with van der Waals surface area (Å²) >= 11 is 0. The third-order valence-corrected chi connectivity index (χ3v) is 3.53. The van der Waals surface area contributed by atoms with Gasteiger partial charge in [-0.05, 0) is 37.4 Å². The first-order valence-corrected chi connectivity index (χ1v) is 8.10. The van der Waals surface area contributed by atoms with Crippen LogP contribution >= 0.6 is 0 Å². The zero-order valence-electron chi connectivity index (χ0n) is 14.3. The Hall–Kier alpha value is -2.37. The number of aliphatic hydroxyl groups excluding tert-OH is 1. The highest BCUT2D eigenvalue weighted by Crippen LogP contribution is 2.24. The number of amides is 1. The summed E-state index contributed by atoms with van der Waals surface area (Å²) < 4.78 is 0. The first-order valence-electron chi connectivity index (χ1n) is 8.10. The maximum absolute atomic E-state index is 11.2. The Morgan fingerprint density at radius 2 is 1.29 bits per heavy atom.